The molecule has 0 heterocycles. The van der Waals surface area contributed by atoms with E-state index in [2.05, 4.69) is 34.5 Å². The summed E-state index contributed by atoms with van der Waals surface area (Å²) in [4.78, 5) is 0. The molecule has 0 saturated carbocycles. The van der Waals surface area contributed by atoms with Crippen molar-refractivity contribution in [1.82, 2.24) is 0 Å². The molecular weight excluding hydrogens is 267 g/mol. The van der Waals surface area contributed by atoms with Crippen LogP contribution in [0, 0.1) is 0 Å². The lowest BCUT2D eigenvalue weighted by Crippen LogP contribution is -2.06. The van der Waals surface area contributed by atoms with Crippen LogP contribution < -0.4 is 0 Å². The summed E-state index contributed by atoms with van der Waals surface area (Å²) in [5.74, 6) is 0. The molecule has 3 heteroatoms. The average molecular weight is 278 g/mol. The first-order valence-electron chi connectivity index (χ1n) is 5.33. The SMILES string of the molecule is [Si]C(Cl)C(Cl)c1ccc(-c2ccccc2)cc1. The van der Waals surface area contributed by atoms with Gasteiger partial charge in [0.05, 0.1) is 15.6 Å². The highest BCUT2D eigenvalue weighted by Crippen LogP contribution is 2.28. The Hall–Kier alpha value is -0.763. The van der Waals surface area contributed by atoms with E-state index in [4.69, 9.17) is 23.2 Å². The van der Waals surface area contributed by atoms with Crippen molar-refractivity contribution in [3.05, 3.63) is 60.2 Å². The molecule has 85 valence electrons. The third kappa shape index (κ3) is 3.12. The van der Waals surface area contributed by atoms with Crippen molar-refractivity contribution in [3.8, 4) is 11.1 Å². The van der Waals surface area contributed by atoms with E-state index in [0.717, 1.165) is 5.56 Å². The summed E-state index contributed by atoms with van der Waals surface area (Å²) >= 11 is 12.1. The van der Waals surface area contributed by atoms with E-state index in [1.807, 2.05) is 30.3 Å². The van der Waals surface area contributed by atoms with Crippen LogP contribution in [0.1, 0.15) is 10.9 Å². The lowest BCUT2D eigenvalue weighted by atomic mass is 10.0. The first kappa shape index (κ1) is 12.7. The topological polar surface area (TPSA) is 0 Å². The largest absolute Gasteiger partial charge is 0.126 e. The fourth-order valence-electron chi connectivity index (χ4n) is 1.66. The van der Waals surface area contributed by atoms with Crippen LogP contribution in [0.4, 0.5) is 0 Å². The number of rotatable bonds is 3. The first-order valence-corrected chi connectivity index (χ1v) is 6.78. The Morgan fingerprint density at radius 1 is 0.765 bits per heavy atom. The molecule has 2 unspecified atom stereocenters. The summed E-state index contributed by atoms with van der Waals surface area (Å²) in [5, 5.41) is -0.489. The van der Waals surface area contributed by atoms with Crippen molar-refractivity contribution in [2.24, 2.45) is 0 Å². The molecule has 2 atom stereocenters. The van der Waals surface area contributed by atoms with Gasteiger partial charge in [-0.05, 0) is 16.7 Å². The summed E-state index contributed by atoms with van der Waals surface area (Å²) in [7, 11) is 3.32. The van der Waals surface area contributed by atoms with E-state index in [-0.39, 0.29) is 10.4 Å². The normalized spacial score (nSPS) is 14.3. The molecule has 0 N–H and O–H groups in total. The van der Waals surface area contributed by atoms with Gasteiger partial charge in [-0.15, -0.1) is 23.2 Å². The zero-order valence-electron chi connectivity index (χ0n) is 9.11. The van der Waals surface area contributed by atoms with Crippen molar-refractivity contribution < 1.29 is 0 Å². The molecule has 3 radical (unpaired) electrons. The molecule has 0 fully saturated rings. The van der Waals surface area contributed by atoms with Crippen molar-refractivity contribution in [2.45, 2.75) is 10.4 Å². The third-order valence-electron chi connectivity index (χ3n) is 2.59. The predicted octanol–water partition coefficient (Wildman–Crippen LogP) is 4.37. The maximum absolute atomic E-state index is 6.16. The minimum Gasteiger partial charge on any atom is -0.126 e. The second kappa shape index (κ2) is 5.72. The summed E-state index contributed by atoms with van der Waals surface area (Å²) < 4.78 is 0. The van der Waals surface area contributed by atoms with Crippen LogP contribution in [-0.2, 0) is 0 Å². The van der Waals surface area contributed by atoms with Crippen LogP contribution in [-0.4, -0.2) is 15.2 Å². The van der Waals surface area contributed by atoms with Crippen molar-refractivity contribution in [1.29, 1.82) is 0 Å². The monoisotopic (exact) mass is 277 g/mol. The minimum atomic E-state index is -0.265. The third-order valence-corrected chi connectivity index (χ3v) is 4.02. The zero-order chi connectivity index (χ0) is 12.3. The van der Waals surface area contributed by atoms with E-state index in [9.17, 15) is 0 Å². The summed E-state index contributed by atoms with van der Waals surface area (Å²) in [6.45, 7) is 0. The smallest absolute Gasteiger partial charge is 0.0714 e. The second-order valence-electron chi connectivity index (χ2n) is 3.79. The highest BCUT2D eigenvalue weighted by Gasteiger charge is 2.13. The van der Waals surface area contributed by atoms with E-state index in [0.29, 0.717) is 0 Å². The summed E-state index contributed by atoms with van der Waals surface area (Å²) in [6.07, 6.45) is 0. The Labute approximate surface area is 115 Å². The average Bonchev–Trinajstić information content (AvgIpc) is 2.39. The van der Waals surface area contributed by atoms with Crippen LogP contribution in [0.3, 0.4) is 0 Å². The van der Waals surface area contributed by atoms with Gasteiger partial charge in [-0.1, -0.05) is 54.6 Å². The molecule has 0 aliphatic heterocycles. The van der Waals surface area contributed by atoms with Gasteiger partial charge < -0.3 is 0 Å². The zero-order valence-corrected chi connectivity index (χ0v) is 11.6. The number of alkyl halides is 2. The molecule has 0 saturated heterocycles. The molecule has 17 heavy (non-hydrogen) atoms. The lowest BCUT2D eigenvalue weighted by Gasteiger charge is -2.12. The molecule has 2 aromatic carbocycles. The number of halogens is 2. The minimum absolute atomic E-state index is 0.224. The molecule has 0 aliphatic carbocycles. The lowest BCUT2D eigenvalue weighted by molar-refractivity contribution is 1.03. The van der Waals surface area contributed by atoms with Gasteiger partial charge in [0.2, 0.25) is 0 Å². The standard InChI is InChI=1S/C14H11Cl2Si/c15-13(14(16)17)12-8-6-11(7-9-12)10-4-2-1-3-5-10/h1-9,13-14H. The molecule has 0 amide bonds. The Balaban J connectivity index is 2.25. The van der Waals surface area contributed by atoms with E-state index < -0.39 is 0 Å². The summed E-state index contributed by atoms with van der Waals surface area (Å²) in [6, 6.07) is 18.4. The first-order chi connectivity index (χ1) is 8.18. The van der Waals surface area contributed by atoms with Gasteiger partial charge in [0.15, 0.2) is 0 Å². The van der Waals surface area contributed by atoms with Crippen molar-refractivity contribution in [2.75, 3.05) is 0 Å². The summed E-state index contributed by atoms with van der Waals surface area (Å²) in [5.41, 5.74) is 3.39. The van der Waals surface area contributed by atoms with Gasteiger partial charge in [-0.25, -0.2) is 0 Å². The fraction of sp³-hybridized carbons (Fsp3) is 0.143. The number of benzene rings is 2. The van der Waals surface area contributed by atoms with Gasteiger partial charge >= 0.3 is 0 Å². The van der Waals surface area contributed by atoms with Crippen LogP contribution in [0.15, 0.2) is 54.6 Å². The molecule has 2 rings (SSSR count). The van der Waals surface area contributed by atoms with Crippen LogP contribution in [0.25, 0.3) is 11.1 Å². The quantitative estimate of drug-likeness (QED) is 0.578. The molecule has 2 aromatic rings. The molecule has 0 aliphatic rings. The van der Waals surface area contributed by atoms with Crippen LogP contribution >= 0.6 is 23.2 Å². The van der Waals surface area contributed by atoms with Gasteiger partial charge in [0.1, 0.15) is 0 Å². The van der Waals surface area contributed by atoms with Crippen molar-refractivity contribution >= 4 is 33.4 Å². The molecule has 0 nitrogen and oxygen atoms in total. The Kier molecular flexibility index (Phi) is 4.27. The maximum atomic E-state index is 6.16. The van der Waals surface area contributed by atoms with Gasteiger partial charge in [0.25, 0.3) is 0 Å². The van der Waals surface area contributed by atoms with E-state index >= 15 is 0 Å². The molecule has 0 aromatic heterocycles. The fourth-order valence-corrected chi connectivity index (χ4v) is 2.14. The van der Waals surface area contributed by atoms with Crippen LogP contribution in [0.2, 0.25) is 0 Å². The predicted molar refractivity (Wildman–Crippen MR) is 75.9 cm³/mol. The highest BCUT2D eigenvalue weighted by atomic mass is 35.5. The highest BCUT2D eigenvalue weighted by molar-refractivity contribution is 6.45. The number of hydrogen-bond donors (Lipinski definition) is 0. The van der Waals surface area contributed by atoms with Gasteiger partial charge in [-0.3, -0.25) is 0 Å². The van der Waals surface area contributed by atoms with Crippen molar-refractivity contribution in [3.63, 3.8) is 0 Å². The van der Waals surface area contributed by atoms with Gasteiger partial charge in [0, 0.05) is 5.00 Å². The molecule has 0 bridgehead atoms. The van der Waals surface area contributed by atoms with Crippen LogP contribution in [0.5, 0.6) is 0 Å². The second-order valence-corrected chi connectivity index (χ2v) is 5.72. The Morgan fingerprint density at radius 2 is 1.29 bits per heavy atom. The Bertz CT molecular complexity index is 465. The number of hydrogen-bond acceptors (Lipinski definition) is 0. The Morgan fingerprint density at radius 3 is 1.82 bits per heavy atom. The molecule has 0 spiro atoms. The van der Waals surface area contributed by atoms with E-state index in [1.165, 1.54) is 11.1 Å². The molecular formula is C14H11Cl2Si. The van der Waals surface area contributed by atoms with E-state index in [1.54, 1.807) is 0 Å². The van der Waals surface area contributed by atoms with Gasteiger partial charge in [-0.2, -0.15) is 0 Å². The maximum Gasteiger partial charge on any atom is 0.0714 e.